The highest BCUT2D eigenvalue weighted by Gasteiger charge is 2.15. The van der Waals surface area contributed by atoms with Crippen LogP contribution in [-0.2, 0) is 16.4 Å². The molecule has 0 aliphatic carbocycles. The normalized spacial score (nSPS) is 10.8. The highest BCUT2D eigenvalue weighted by atomic mass is 32.2. The highest BCUT2D eigenvalue weighted by molar-refractivity contribution is 7.89. The molecule has 0 radical (unpaired) electrons. The van der Waals surface area contributed by atoms with E-state index in [1.54, 1.807) is 18.2 Å². The largest absolute Gasteiger partial charge is 0.241 e. The Morgan fingerprint density at radius 1 is 1.09 bits per heavy atom. The first-order chi connectivity index (χ1) is 10.5. The molecule has 0 aliphatic rings. The van der Waals surface area contributed by atoms with E-state index >= 15 is 0 Å². The van der Waals surface area contributed by atoms with Gasteiger partial charge in [-0.1, -0.05) is 48.2 Å². The van der Waals surface area contributed by atoms with Crippen LogP contribution in [0.1, 0.15) is 23.1 Å². The van der Waals surface area contributed by atoms with Crippen LogP contribution < -0.4 is 4.72 Å². The van der Waals surface area contributed by atoms with Crippen molar-refractivity contribution in [3.05, 3.63) is 65.2 Å². The van der Waals surface area contributed by atoms with Gasteiger partial charge in [0.15, 0.2) is 0 Å². The zero-order chi connectivity index (χ0) is 16.0. The van der Waals surface area contributed by atoms with Gasteiger partial charge in [0.1, 0.15) is 0 Å². The average molecular weight is 313 g/mol. The smallest absolute Gasteiger partial charge is 0.214 e. The monoisotopic (exact) mass is 313 g/mol. The van der Waals surface area contributed by atoms with Gasteiger partial charge < -0.3 is 0 Å². The minimum absolute atomic E-state index is 0.229. The van der Waals surface area contributed by atoms with Gasteiger partial charge >= 0.3 is 0 Å². The molecule has 2 aromatic carbocycles. The van der Waals surface area contributed by atoms with E-state index in [1.807, 2.05) is 25.1 Å². The molecule has 22 heavy (non-hydrogen) atoms. The van der Waals surface area contributed by atoms with E-state index in [0.717, 1.165) is 12.0 Å². The van der Waals surface area contributed by atoms with Crippen molar-refractivity contribution < 1.29 is 8.42 Å². The van der Waals surface area contributed by atoms with Gasteiger partial charge in [0.25, 0.3) is 0 Å². The first-order valence-corrected chi connectivity index (χ1v) is 8.58. The maximum absolute atomic E-state index is 12.0. The molecule has 0 heterocycles. The van der Waals surface area contributed by atoms with E-state index in [1.165, 1.54) is 12.6 Å². The van der Waals surface area contributed by atoms with Gasteiger partial charge in [0, 0.05) is 12.0 Å². The molecule has 0 bridgehead atoms. The Kier molecular flexibility index (Phi) is 5.37. The van der Waals surface area contributed by atoms with Crippen molar-refractivity contribution in [1.82, 2.24) is 4.72 Å². The molecule has 0 amide bonds. The van der Waals surface area contributed by atoms with Gasteiger partial charge in [0.2, 0.25) is 10.0 Å². The zero-order valence-corrected chi connectivity index (χ0v) is 13.6. The lowest BCUT2D eigenvalue weighted by molar-refractivity contribution is 0.588. The second-order valence-electron chi connectivity index (χ2n) is 4.99. The number of nitrogens with one attached hydrogen (secondary N) is 1. The molecule has 0 fully saturated rings. The lowest BCUT2D eigenvalue weighted by Crippen LogP contribution is -2.19. The van der Waals surface area contributed by atoms with Crippen LogP contribution in [0.25, 0.3) is 0 Å². The quantitative estimate of drug-likeness (QED) is 0.882. The van der Waals surface area contributed by atoms with Crippen molar-refractivity contribution in [2.24, 2.45) is 0 Å². The topological polar surface area (TPSA) is 46.2 Å². The van der Waals surface area contributed by atoms with Crippen molar-refractivity contribution in [1.29, 1.82) is 0 Å². The predicted octanol–water partition coefficient (Wildman–Crippen LogP) is 2.89. The maximum atomic E-state index is 12.0. The summed E-state index contributed by atoms with van der Waals surface area (Å²) in [4.78, 5) is 0.229. The second-order valence-corrected chi connectivity index (χ2v) is 6.85. The van der Waals surface area contributed by atoms with E-state index in [2.05, 4.69) is 28.7 Å². The van der Waals surface area contributed by atoms with Crippen molar-refractivity contribution in [2.45, 2.75) is 24.7 Å². The molecule has 0 saturated heterocycles. The minimum Gasteiger partial charge on any atom is -0.214 e. The molecule has 0 spiro atoms. The first-order valence-electron chi connectivity index (χ1n) is 7.10. The molecular weight excluding hydrogens is 294 g/mol. The van der Waals surface area contributed by atoms with Gasteiger partial charge in [0.05, 0.1) is 4.90 Å². The van der Waals surface area contributed by atoms with Gasteiger partial charge in [-0.05, 0) is 43.7 Å². The van der Waals surface area contributed by atoms with Crippen molar-refractivity contribution in [2.75, 3.05) is 7.05 Å². The maximum Gasteiger partial charge on any atom is 0.241 e. The average Bonchev–Trinajstić information content (AvgIpc) is 2.52. The standard InChI is InChI=1S/C18H19NO2S/c1-15-12-13-18(22(20,21)19-2)17(14-15)11-7-6-10-16-8-4-3-5-9-16/h3-5,8-9,12-14,19H,6,10H2,1-2H3. The Balaban J connectivity index is 2.19. The summed E-state index contributed by atoms with van der Waals surface area (Å²) in [6.07, 6.45) is 1.55. The number of sulfonamides is 1. The van der Waals surface area contributed by atoms with Crippen LogP contribution in [0.15, 0.2) is 53.4 Å². The van der Waals surface area contributed by atoms with Crippen LogP contribution in [-0.4, -0.2) is 15.5 Å². The SMILES string of the molecule is CNS(=O)(=O)c1ccc(C)cc1C#CCCc1ccccc1. The van der Waals surface area contributed by atoms with Crippen LogP contribution in [0.2, 0.25) is 0 Å². The summed E-state index contributed by atoms with van der Waals surface area (Å²) in [6, 6.07) is 15.3. The summed E-state index contributed by atoms with van der Waals surface area (Å²) in [5.74, 6) is 6.07. The summed E-state index contributed by atoms with van der Waals surface area (Å²) in [5.41, 5.74) is 2.76. The lowest BCUT2D eigenvalue weighted by Gasteiger charge is -2.06. The molecular formula is C18H19NO2S. The third-order valence-electron chi connectivity index (χ3n) is 3.30. The third-order valence-corrected chi connectivity index (χ3v) is 4.77. The van der Waals surface area contributed by atoms with Crippen LogP contribution in [0, 0.1) is 18.8 Å². The first kappa shape index (κ1) is 16.3. The minimum atomic E-state index is -3.49. The Labute approximate surface area is 132 Å². The molecule has 0 atom stereocenters. The molecule has 0 aliphatic heterocycles. The summed E-state index contributed by atoms with van der Waals surface area (Å²) >= 11 is 0. The Morgan fingerprint density at radius 2 is 1.82 bits per heavy atom. The highest BCUT2D eigenvalue weighted by Crippen LogP contribution is 2.16. The summed E-state index contributed by atoms with van der Waals surface area (Å²) < 4.78 is 26.4. The van der Waals surface area contributed by atoms with Gasteiger partial charge in [-0.25, -0.2) is 13.1 Å². The molecule has 3 nitrogen and oxygen atoms in total. The van der Waals surface area contributed by atoms with E-state index in [9.17, 15) is 8.42 Å². The van der Waals surface area contributed by atoms with Crippen LogP contribution in [0.4, 0.5) is 0 Å². The molecule has 2 rings (SSSR count). The third kappa shape index (κ3) is 4.20. The summed E-state index contributed by atoms with van der Waals surface area (Å²) in [7, 11) is -2.08. The number of benzene rings is 2. The van der Waals surface area contributed by atoms with Crippen molar-refractivity contribution in [3.63, 3.8) is 0 Å². The molecule has 0 saturated carbocycles. The fourth-order valence-corrected chi connectivity index (χ4v) is 2.96. The number of hydrogen-bond donors (Lipinski definition) is 1. The van der Waals surface area contributed by atoms with Gasteiger partial charge in [-0.15, -0.1) is 0 Å². The van der Waals surface area contributed by atoms with Crippen molar-refractivity contribution >= 4 is 10.0 Å². The molecule has 1 N–H and O–H groups in total. The molecule has 0 aromatic heterocycles. The number of aryl methyl sites for hydroxylation is 2. The van der Waals surface area contributed by atoms with Crippen LogP contribution >= 0.6 is 0 Å². The Bertz CT molecular complexity index is 800. The number of rotatable bonds is 4. The van der Waals surface area contributed by atoms with Crippen LogP contribution in [0.5, 0.6) is 0 Å². The molecule has 4 heteroatoms. The molecule has 2 aromatic rings. The number of hydrogen-bond acceptors (Lipinski definition) is 2. The predicted molar refractivity (Wildman–Crippen MR) is 89.1 cm³/mol. The van der Waals surface area contributed by atoms with E-state index in [-0.39, 0.29) is 4.90 Å². The van der Waals surface area contributed by atoms with Crippen LogP contribution in [0.3, 0.4) is 0 Å². The van der Waals surface area contributed by atoms with Gasteiger partial charge in [-0.3, -0.25) is 0 Å². The Hall–Kier alpha value is -2.09. The second kappa shape index (κ2) is 7.26. The zero-order valence-electron chi connectivity index (χ0n) is 12.8. The van der Waals surface area contributed by atoms with Crippen molar-refractivity contribution in [3.8, 4) is 11.8 Å². The summed E-state index contributed by atoms with van der Waals surface area (Å²) in [5, 5.41) is 0. The lowest BCUT2D eigenvalue weighted by atomic mass is 10.1. The van der Waals surface area contributed by atoms with E-state index in [4.69, 9.17) is 0 Å². The van der Waals surface area contributed by atoms with E-state index < -0.39 is 10.0 Å². The fraction of sp³-hybridized carbons (Fsp3) is 0.222. The van der Waals surface area contributed by atoms with Gasteiger partial charge in [-0.2, -0.15) is 0 Å². The molecule has 114 valence electrons. The Morgan fingerprint density at radius 3 is 2.50 bits per heavy atom. The molecule has 0 unspecified atom stereocenters. The fourth-order valence-electron chi connectivity index (χ4n) is 2.10. The summed E-state index contributed by atoms with van der Waals surface area (Å²) in [6.45, 7) is 1.92. The van der Waals surface area contributed by atoms with E-state index in [0.29, 0.717) is 12.0 Å².